The van der Waals surface area contributed by atoms with Gasteiger partial charge in [0.2, 0.25) is 11.8 Å². The van der Waals surface area contributed by atoms with Crippen LogP contribution in [0.5, 0.6) is 0 Å². The van der Waals surface area contributed by atoms with Gasteiger partial charge >= 0.3 is 0 Å². The molecular weight excluding hydrogens is 653 g/mol. The number of hydrogen-bond donors (Lipinski definition) is 1. The molecule has 4 aromatic rings. The quantitative estimate of drug-likeness (QED) is 0.166. The van der Waals surface area contributed by atoms with Crippen molar-refractivity contribution in [1.29, 1.82) is 0 Å². The van der Waals surface area contributed by atoms with E-state index in [0.29, 0.717) is 0 Å². The van der Waals surface area contributed by atoms with Gasteiger partial charge in [0.05, 0.1) is 20.6 Å². The highest BCUT2D eigenvalue weighted by molar-refractivity contribution is 7.92. The van der Waals surface area contributed by atoms with Gasteiger partial charge in [0.25, 0.3) is 10.0 Å². The number of aryl methyl sites for hydroxylation is 1. The topological polar surface area (TPSA) is 86.8 Å². The fraction of sp³-hybridized carbons (Fsp3) is 0.297. The van der Waals surface area contributed by atoms with Crippen LogP contribution >= 0.6 is 23.2 Å². The standard InChI is InChI=1S/C37H39Cl2N3O4S/c1-27-12-11-15-29(22-27)25-41(35(23-28-13-5-2-6-14-28)37(44)40-30-16-7-3-8-17-30)36(43)26-42(31-20-21-33(38)34(39)24-31)47(45,46)32-18-9-4-10-19-32/h2,4-6,9-15,18-22,24,30,35H,3,7-8,16-17,23,25-26H2,1H3,(H,40,44)/t35-/m0/s1. The lowest BCUT2D eigenvalue weighted by molar-refractivity contribution is -0.140. The van der Waals surface area contributed by atoms with Crippen LogP contribution in [0.4, 0.5) is 5.69 Å². The molecule has 1 fully saturated rings. The van der Waals surface area contributed by atoms with Crippen LogP contribution in [-0.4, -0.2) is 43.8 Å². The molecule has 4 aromatic carbocycles. The third-order valence-corrected chi connectivity index (χ3v) is 11.0. The Kier molecular flexibility index (Phi) is 11.6. The minimum Gasteiger partial charge on any atom is -0.352 e. The number of hydrogen-bond acceptors (Lipinski definition) is 4. The molecule has 0 heterocycles. The molecule has 2 amide bonds. The van der Waals surface area contributed by atoms with Crippen molar-refractivity contribution < 1.29 is 18.0 Å². The predicted molar refractivity (Wildman–Crippen MR) is 188 cm³/mol. The Morgan fingerprint density at radius 1 is 0.809 bits per heavy atom. The van der Waals surface area contributed by atoms with E-state index < -0.39 is 28.5 Å². The minimum atomic E-state index is -4.24. The molecule has 47 heavy (non-hydrogen) atoms. The number of halogens is 2. The lowest BCUT2D eigenvalue weighted by Crippen LogP contribution is -2.55. The summed E-state index contributed by atoms with van der Waals surface area (Å²) in [5.41, 5.74) is 2.90. The molecule has 0 aromatic heterocycles. The molecule has 5 rings (SSSR count). The Hall–Kier alpha value is -3.85. The van der Waals surface area contributed by atoms with E-state index in [-0.39, 0.29) is 45.5 Å². The molecule has 0 saturated heterocycles. The van der Waals surface area contributed by atoms with Crippen LogP contribution in [0, 0.1) is 6.92 Å². The summed E-state index contributed by atoms with van der Waals surface area (Å²) in [6.45, 7) is 1.51. The van der Waals surface area contributed by atoms with Gasteiger partial charge in [0.15, 0.2) is 0 Å². The summed E-state index contributed by atoms with van der Waals surface area (Å²) in [6, 6.07) is 28.8. The van der Waals surface area contributed by atoms with Gasteiger partial charge in [-0.3, -0.25) is 13.9 Å². The van der Waals surface area contributed by atoms with Crippen LogP contribution in [0.25, 0.3) is 0 Å². The summed E-state index contributed by atoms with van der Waals surface area (Å²) in [7, 11) is -4.24. The molecule has 1 atom stereocenters. The van der Waals surface area contributed by atoms with Gasteiger partial charge in [-0.15, -0.1) is 0 Å². The molecular formula is C37H39Cl2N3O4S. The molecule has 1 saturated carbocycles. The van der Waals surface area contributed by atoms with Crippen LogP contribution in [0.1, 0.15) is 48.8 Å². The van der Waals surface area contributed by atoms with Gasteiger partial charge in [-0.05, 0) is 61.2 Å². The number of sulfonamides is 1. The predicted octanol–water partition coefficient (Wildman–Crippen LogP) is 7.59. The SMILES string of the molecule is Cc1cccc(CN(C(=O)CN(c2ccc(Cl)c(Cl)c2)S(=O)(=O)c2ccccc2)[C@@H](Cc2ccccc2)C(=O)NC2CCCCC2)c1. The third kappa shape index (κ3) is 8.95. The second-order valence-electron chi connectivity index (χ2n) is 12.0. The number of nitrogens with one attached hydrogen (secondary N) is 1. The van der Waals surface area contributed by atoms with Crippen molar-refractivity contribution in [3.05, 3.63) is 130 Å². The summed E-state index contributed by atoms with van der Waals surface area (Å²) in [5.74, 6) is -0.787. The van der Waals surface area contributed by atoms with Crippen molar-refractivity contribution >= 4 is 50.7 Å². The molecule has 0 bridgehead atoms. The molecule has 1 N–H and O–H groups in total. The number of carbonyl (C=O) groups excluding carboxylic acids is 2. The molecule has 10 heteroatoms. The maximum atomic E-state index is 14.7. The molecule has 0 unspecified atom stereocenters. The first-order valence-electron chi connectivity index (χ1n) is 15.8. The zero-order valence-corrected chi connectivity index (χ0v) is 28.6. The summed E-state index contributed by atoms with van der Waals surface area (Å²) < 4.78 is 29.3. The zero-order chi connectivity index (χ0) is 33.4. The summed E-state index contributed by atoms with van der Waals surface area (Å²) in [5, 5.41) is 3.63. The van der Waals surface area contributed by atoms with Crippen LogP contribution in [0.15, 0.2) is 108 Å². The molecule has 0 aliphatic heterocycles. The number of anilines is 1. The average molecular weight is 693 g/mol. The number of rotatable bonds is 12. The van der Waals surface area contributed by atoms with Crippen LogP contribution in [0.2, 0.25) is 10.0 Å². The first-order valence-corrected chi connectivity index (χ1v) is 18.0. The van der Waals surface area contributed by atoms with E-state index in [9.17, 15) is 18.0 Å². The van der Waals surface area contributed by atoms with E-state index in [4.69, 9.17) is 23.2 Å². The lowest BCUT2D eigenvalue weighted by Gasteiger charge is -2.35. The molecule has 0 radical (unpaired) electrons. The van der Waals surface area contributed by atoms with Gasteiger partial charge in [0, 0.05) is 19.0 Å². The van der Waals surface area contributed by atoms with Crippen LogP contribution < -0.4 is 9.62 Å². The molecule has 1 aliphatic rings. The normalized spacial score (nSPS) is 14.3. The number of amides is 2. The van der Waals surface area contributed by atoms with Crippen molar-refractivity contribution in [3.63, 3.8) is 0 Å². The van der Waals surface area contributed by atoms with Crippen LogP contribution in [-0.2, 0) is 32.6 Å². The van der Waals surface area contributed by atoms with Crippen LogP contribution in [0.3, 0.4) is 0 Å². The smallest absolute Gasteiger partial charge is 0.264 e. The van der Waals surface area contributed by atoms with Crippen molar-refractivity contribution in [1.82, 2.24) is 10.2 Å². The highest BCUT2D eigenvalue weighted by Crippen LogP contribution is 2.31. The fourth-order valence-corrected chi connectivity index (χ4v) is 7.71. The molecule has 7 nitrogen and oxygen atoms in total. The van der Waals surface area contributed by atoms with E-state index >= 15 is 0 Å². The largest absolute Gasteiger partial charge is 0.352 e. The maximum absolute atomic E-state index is 14.7. The van der Waals surface area contributed by atoms with Gasteiger partial charge in [0.1, 0.15) is 12.6 Å². The Balaban J connectivity index is 1.57. The van der Waals surface area contributed by atoms with Gasteiger partial charge in [-0.1, -0.05) is 121 Å². The first kappa shape index (κ1) is 34.5. The highest BCUT2D eigenvalue weighted by atomic mass is 35.5. The van der Waals surface area contributed by atoms with E-state index in [0.717, 1.165) is 53.1 Å². The van der Waals surface area contributed by atoms with E-state index in [1.807, 2.05) is 61.5 Å². The summed E-state index contributed by atoms with van der Waals surface area (Å²) in [4.78, 5) is 30.4. The van der Waals surface area contributed by atoms with Crippen molar-refractivity contribution in [3.8, 4) is 0 Å². The number of benzene rings is 4. The zero-order valence-electron chi connectivity index (χ0n) is 26.3. The molecule has 0 spiro atoms. The summed E-state index contributed by atoms with van der Waals surface area (Å²) in [6.07, 6.45) is 5.24. The average Bonchev–Trinajstić information content (AvgIpc) is 3.07. The Bertz CT molecular complexity index is 1780. The van der Waals surface area contributed by atoms with Crippen molar-refractivity contribution in [2.24, 2.45) is 0 Å². The van der Waals surface area contributed by atoms with Crippen molar-refractivity contribution in [2.45, 2.75) is 69.0 Å². The van der Waals surface area contributed by atoms with Gasteiger partial charge in [-0.2, -0.15) is 0 Å². The second-order valence-corrected chi connectivity index (χ2v) is 14.7. The third-order valence-electron chi connectivity index (χ3n) is 8.46. The number of carbonyl (C=O) groups is 2. The number of nitrogens with zero attached hydrogens (tertiary/aromatic N) is 2. The van der Waals surface area contributed by atoms with E-state index in [1.54, 1.807) is 18.2 Å². The van der Waals surface area contributed by atoms with Gasteiger partial charge < -0.3 is 10.2 Å². The second kappa shape index (κ2) is 15.8. The monoisotopic (exact) mass is 691 g/mol. The minimum absolute atomic E-state index is 0.0139. The van der Waals surface area contributed by atoms with Crippen molar-refractivity contribution in [2.75, 3.05) is 10.8 Å². The lowest BCUT2D eigenvalue weighted by atomic mass is 9.94. The summed E-state index contributed by atoms with van der Waals surface area (Å²) >= 11 is 12.5. The molecule has 1 aliphatic carbocycles. The fourth-order valence-electron chi connectivity index (χ4n) is 5.99. The van der Waals surface area contributed by atoms with Gasteiger partial charge in [-0.25, -0.2) is 8.42 Å². The Labute approximate surface area is 287 Å². The molecule has 246 valence electrons. The van der Waals surface area contributed by atoms with E-state index in [2.05, 4.69) is 5.32 Å². The maximum Gasteiger partial charge on any atom is 0.264 e. The Morgan fingerprint density at radius 2 is 1.47 bits per heavy atom. The first-order chi connectivity index (χ1) is 22.6. The highest BCUT2D eigenvalue weighted by Gasteiger charge is 2.35. The van der Waals surface area contributed by atoms with E-state index in [1.165, 1.54) is 35.2 Å². The Morgan fingerprint density at radius 3 is 2.13 bits per heavy atom.